The van der Waals surface area contributed by atoms with Crippen molar-refractivity contribution in [2.45, 2.75) is 12.2 Å². The monoisotopic (exact) mass is 324 g/mol. The predicted octanol–water partition coefficient (Wildman–Crippen LogP) is 2.37. The molecular weight excluding hydrogens is 304 g/mol. The van der Waals surface area contributed by atoms with Gasteiger partial charge in [-0.2, -0.15) is 5.26 Å². The zero-order valence-corrected chi connectivity index (χ0v) is 13.3. The fourth-order valence-corrected chi connectivity index (χ4v) is 2.92. The van der Waals surface area contributed by atoms with Gasteiger partial charge in [0.1, 0.15) is 5.75 Å². The Hall–Kier alpha value is -2.39. The van der Waals surface area contributed by atoms with Crippen LogP contribution in [0.25, 0.3) is 0 Å². The summed E-state index contributed by atoms with van der Waals surface area (Å²) < 4.78 is 5.80. The van der Waals surface area contributed by atoms with Crippen LogP contribution < -0.4 is 0 Å². The van der Waals surface area contributed by atoms with Crippen molar-refractivity contribution in [3.05, 3.63) is 65.2 Å². The molecule has 2 N–H and O–H groups in total. The highest BCUT2D eigenvalue weighted by atomic mass is 16.5. The summed E-state index contributed by atoms with van der Waals surface area (Å²) in [5.74, 6) is 0.228. The first-order chi connectivity index (χ1) is 11.7. The molecule has 2 aromatic rings. The number of aliphatic hydroxyl groups is 1. The zero-order chi connectivity index (χ0) is 16.9. The van der Waals surface area contributed by atoms with Gasteiger partial charge in [-0.3, -0.25) is 4.90 Å². The Labute approximate surface area is 141 Å². The zero-order valence-electron chi connectivity index (χ0n) is 13.3. The fraction of sp³-hybridized carbons (Fsp3) is 0.316. The van der Waals surface area contributed by atoms with Crippen molar-refractivity contribution in [1.82, 2.24) is 4.90 Å². The van der Waals surface area contributed by atoms with Gasteiger partial charge in [0.05, 0.1) is 30.4 Å². The first kappa shape index (κ1) is 16.5. The lowest BCUT2D eigenvalue weighted by atomic mass is 10.0. The molecule has 1 aliphatic rings. The van der Waals surface area contributed by atoms with Crippen molar-refractivity contribution < 1.29 is 14.9 Å². The minimum absolute atomic E-state index is 0.112. The van der Waals surface area contributed by atoms with E-state index in [0.717, 1.165) is 17.7 Å². The quantitative estimate of drug-likeness (QED) is 0.903. The van der Waals surface area contributed by atoms with Crippen LogP contribution in [0.4, 0.5) is 0 Å². The average Bonchev–Trinajstić information content (AvgIpc) is 2.62. The van der Waals surface area contributed by atoms with Gasteiger partial charge in [-0.05, 0) is 35.4 Å². The first-order valence-electron chi connectivity index (χ1n) is 7.97. The van der Waals surface area contributed by atoms with Gasteiger partial charge < -0.3 is 14.9 Å². The predicted molar refractivity (Wildman–Crippen MR) is 89.4 cm³/mol. The van der Waals surface area contributed by atoms with Gasteiger partial charge in [-0.1, -0.05) is 24.3 Å². The molecule has 1 fully saturated rings. The lowest BCUT2D eigenvalue weighted by Gasteiger charge is -2.34. The number of nitriles is 1. The Bertz CT molecular complexity index is 724. The highest BCUT2D eigenvalue weighted by Gasteiger charge is 2.24. The van der Waals surface area contributed by atoms with Gasteiger partial charge in [0.15, 0.2) is 0 Å². The molecule has 124 valence electrons. The number of ether oxygens (including phenoxy) is 1. The third-order valence-corrected chi connectivity index (χ3v) is 4.25. The summed E-state index contributed by atoms with van der Waals surface area (Å²) in [7, 11) is 0. The van der Waals surface area contributed by atoms with Gasteiger partial charge in [-0.15, -0.1) is 0 Å². The molecule has 1 aliphatic heterocycles. The Morgan fingerprint density at radius 2 is 2.04 bits per heavy atom. The largest absolute Gasteiger partial charge is 0.508 e. The van der Waals surface area contributed by atoms with Crippen molar-refractivity contribution in [2.75, 3.05) is 26.2 Å². The molecule has 5 heteroatoms. The smallest absolute Gasteiger partial charge is 0.115 e. The van der Waals surface area contributed by atoms with Crippen LogP contribution in [0, 0.1) is 11.3 Å². The van der Waals surface area contributed by atoms with E-state index in [2.05, 4.69) is 11.0 Å². The summed E-state index contributed by atoms with van der Waals surface area (Å²) in [6.07, 6.45) is -0.723. The van der Waals surface area contributed by atoms with Crippen molar-refractivity contribution in [3.63, 3.8) is 0 Å². The number of morpholine rings is 1. The number of hydrogen-bond donors (Lipinski definition) is 2. The van der Waals surface area contributed by atoms with E-state index < -0.39 is 6.10 Å². The number of phenols is 1. The van der Waals surface area contributed by atoms with E-state index in [-0.39, 0.29) is 11.9 Å². The van der Waals surface area contributed by atoms with E-state index in [0.29, 0.717) is 25.3 Å². The second-order valence-electron chi connectivity index (χ2n) is 5.96. The van der Waals surface area contributed by atoms with Crippen molar-refractivity contribution in [3.8, 4) is 11.8 Å². The number of rotatable bonds is 4. The van der Waals surface area contributed by atoms with Gasteiger partial charge in [0, 0.05) is 19.6 Å². The maximum absolute atomic E-state index is 10.4. The van der Waals surface area contributed by atoms with E-state index in [1.807, 2.05) is 6.07 Å². The van der Waals surface area contributed by atoms with Gasteiger partial charge in [0.25, 0.3) is 0 Å². The second-order valence-corrected chi connectivity index (χ2v) is 5.96. The Kier molecular flexibility index (Phi) is 5.11. The second kappa shape index (κ2) is 7.45. The van der Waals surface area contributed by atoms with Crippen molar-refractivity contribution in [1.29, 1.82) is 5.26 Å². The van der Waals surface area contributed by atoms with E-state index in [9.17, 15) is 10.2 Å². The number of aromatic hydroxyl groups is 1. The summed E-state index contributed by atoms with van der Waals surface area (Å²) in [6.45, 7) is 2.50. The number of β-amino-alcohol motifs (C(OH)–C–C–N with tert-alkyl or cyclic N) is 1. The average molecular weight is 324 g/mol. The van der Waals surface area contributed by atoms with Crippen molar-refractivity contribution in [2.24, 2.45) is 0 Å². The summed E-state index contributed by atoms with van der Waals surface area (Å²) in [6, 6.07) is 16.2. The number of benzene rings is 2. The molecule has 1 saturated heterocycles. The fourth-order valence-electron chi connectivity index (χ4n) is 2.92. The van der Waals surface area contributed by atoms with Crippen LogP contribution in [0.3, 0.4) is 0 Å². The number of aliphatic hydroxyl groups excluding tert-OH is 1. The lowest BCUT2D eigenvalue weighted by Crippen LogP contribution is -2.40. The van der Waals surface area contributed by atoms with Gasteiger partial charge >= 0.3 is 0 Å². The number of nitrogens with zero attached hydrogens (tertiary/aromatic N) is 2. The normalized spacial score (nSPS) is 19.6. The Balaban J connectivity index is 1.63. The van der Waals surface area contributed by atoms with Gasteiger partial charge in [0.2, 0.25) is 0 Å². The number of hydrogen-bond acceptors (Lipinski definition) is 5. The molecule has 0 radical (unpaired) electrons. The molecule has 3 rings (SSSR count). The Morgan fingerprint density at radius 3 is 2.75 bits per heavy atom. The molecular formula is C19H20N2O3. The van der Waals surface area contributed by atoms with Crippen LogP contribution >= 0.6 is 0 Å². The molecule has 24 heavy (non-hydrogen) atoms. The number of phenolic OH excluding ortho intramolecular Hbond substituents is 1. The van der Waals surface area contributed by atoms with Crippen LogP contribution in [0.5, 0.6) is 5.75 Å². The first-order valence-corrected chi connectivity index (χ1v) is 7.97. The van der Waals surface area contributed by atoms with Crippen LogP contribution in [0.15, 0.2) is 48.5 Å². The van der Waals surface area contributed by atoms with E-state index in [4.69, 9.17) is 10.00 Å². The molecule has 1 heterocycles. The summed E-state index contributed by atoms with van der Waals surface area (Å²) in [5, 5.41) is 28.9. The molecule has 0 aromatic heterocycles. The molecule has 0 amide bonds. The summed E-state index contributed by atoms with van der Waals surface area (Å²) in [4.78, 5) is 2.15. The third kappa shape index (κ3) is 3.92. The molecule has 5 nitrogen and oxygen atoms in total. The highest BCUT2D eigenvalue weighted by Crippen LogP contribution is 2.26. The van der Waals surface area contributed by atoms with Crippen LogP contribution in [0.1, 0.15) is 28.9 Å². The Morgan fingerprint density at radius 1 is 1.25 bits per heavy atom. The maximum atomic E-state index is 10.4. The topological polar surface area (TPSA) is 76.7 Å². The lowest BCUT2D eigenvalue weighted by molar-refractivity contribution is -0.0424. The molecule has 0 bridgehead atoms. The van der Waals surface area contributed by atoms with Crippen LogP contribution in [-0.2, 0) is 4.74 Å². The SMILES string of the molecule is N#Cc1ccc(C(O)CN2CCOC(c3cccc(O)c3)C2)cc1. The molecule has 2 aromatic carbocycles. The van der Waals surface area contributed by atoms with E-state index in [1.54, 1.807) is 42.5 Å². The highest BCUT2D eigenvalue weighted by molar-refractivity contribution is 5.32. The van der Waals surface area contributed by atoms with Crippen LogP contribution in [0.2, 0.25) is 0 Å². The minimum Gasteiger partial charge on any atom is -0.508 e. The molecule has 0 spiro atoms. The molecule has 0 aliphatic carbocycles. The van der Waals surface area contributed by atoms with Gasteiger partial charge in [-0.25, -0.2) is 0 Å². The van der Waals surface area contributed by atoms with Crippen LogP contribution in [-0.4, -0.2) is 41.4 Å². The third-order valence-electron chi connectivity index (χ3n) is 4.25. The van der Waals surface area contributed by atoms with E-state index >= 15 is 0 Å². The maximum Gasteiger partial charge on any atom is 0.115 e. The molecule has 0 saturated carbocycles. The van der Waals surface area contributed by atoms with Crippen molar-refractivity contribution >= 4 is 0 Å². The van der Waals surface area contributed by atoms with E-state index in [1.165, 1.54) is 0 Å². The standard InChI is InChI=1S/C19H20N2O3/c20-11-14-4-6-15(7-5-14)18(23)12-21-8-9-24-19(13-21)16-2-1-3-17(22)10-16/h1-7,10,18-19,22-23H,8-9,12-13H2. The minimum atomic E-state index is -0.610. The molecule has 2 atom stereocenters. The molecule has 2 unspecified atom stereocenters. The summed E-state index contributed by atoms with van der Waals surface area (Å²) in [5.41, 5.74) is 2.32. The summed E-state index contributed by atoms with van der Waals surface area (Å²) >= 11 is 0.